The summed E-state index contributed by atoms with van der Waals surface area (Å²) in [6, 6.07) is 11.9. The second-order valence-corrected chi connectivity index (χ2v) is 7.34. The summed E-state index contributed by atoms with van der Waals surface area (Å²) in [5.41, 5.74) is 5.00. The van der Waals surface area contributed by atoms with Gasteiger partial charge >= 0.3 is 5.69 Å². The number of nitrogens with one attached hydrogen (secondary N) is 2. The van der Waals surface area contributed by atoms with Gasteiger partial charge in [-0.2, -0.15) is 0 Å². The number of amides is 1. The first-order valence-corrected chi connectivity index (χ1v) is 10.1. The van der Waals surface area contributed by atoms with Crippen LogP contribution in [0.25, 0.3) is 0 Å². The van der Waals surface area contributed by atoms with Crippen LogP contribution in [0, 0.1) is 10.1 Å². The van der Waals surface area contributed by atoms with Crippen molar-refractivity contribution in [2.75, 3.05) is 41.4 Å². The number of hydrazine groups is 1. The van der Waals surface area contributed by atoms with Crippen LogP contribution in [0.5, 0.6) is 0 Å². The molecule has 0 unspecified atom stereocenters. The van der Waals surface area contributed by atoms with Gasteiger partial charge in [0.25, 0.3) is 5.91 Å². The molecule has 0 aliphatic carbocycles. The summed E-state index contributed by atoms with van der Waals surface area (Å²) < 4.78 is 0. The zero-order valence-electron chi connectivity index (χ0n) is 16.8. The lowest BCUT2D eigenvalue weighted by Gasteiger charge is -2.35. The minimum atomic E-state index is -0.558. The highest BCUT2D eigenvalue weighted by Gasteiger charge is 2.29. The van der Waals surface area contributed by atoms with Gasteiger partial charge in [0.15, 0.2) is 0 Å². The van der Waals surface area contributed by atoms with E-state index in [1.807, 2.05) is 23.1 Å². The van der Waals surface area contributed by atoms with Gasteiger partial charge in [-0.15, -0.1) is 0 Å². The van der Waals surface area contributed by atoms with Crippen LogP contribution in [0.15, 0.2) is 55.0 Å². The molecule has 0 radical (unpaired) electrons. The number of hydrogen-bond acceptors (Lipinski definition) is 9. The van der Waals surface area contributed by atoms with Gasteiger partial charge in [-0.05, 0) is 36.4 Å². The second-order valence-electron chi connectivity index (χ2n) is 6.90. The topological polar surface area (TPSA) is 129 Å². The van der Waals surface area contributed by atoms with Crippen LogP contribution in [0.2, 0.25) is 5.02 Å². The maximum absolute atomic E-state index is 12.3. The molecule has 3 aromatic rings. The summed E-state index contributed by atoms with van der Waals surface area (Å²) in [7, 11) is 0. The first kappa shape index (κ1) is 21.2. The number of carbonyl (C=O) groups is 1. The van der Waals surface area contributed by atoms with Crippen molar-refractivity contribution in [3.05, 3.63) is 75.7 Å². The van der Waals surface area contributed by atoms with E-state index in [2.05, 4.69) is 30.7 Å². The van der Waals surface area contributed by atoms with Crippen LogP contribution in [-0.2, 0) is 0 Å². The third kappa shape index (κ3) is 4.67. The molecule has 0 saturated carbocycles. The lowest BCUT2D eigenvalue weighted by molar-refractivity contribution is -0.383. The number of nitro groups is 1. The van der Waals surface area contributed by atoms with Crippen LogP contribution in [-0.4, -0.2) is 52.0 Å². The number of aromatic nitrogens is 3. The Morgan fingerprint density at radius 3 is 2.38 bits per heavy atom. The number of piperazine rings is 1. The number of carbonyl (C=O) groups excluding carboxylic acids is 1. The van der Waals surface area contributed by atoms with Gasteiger partial charge in [0.2, 0.25) is 11.6 Å². The van der Waals surface area contributed by atoms with Crippen molar-refractivity contribution >= 4 is 40.6 Å². The lowest BCUT2D eigenvalue weighted by Crippen LogP contribution is -2.47. The molecular formula is C20H19ClN8O3. The first-order valence-electron chi connectivity index (χ1n) is 9.75. The molecule has 0 spiro atoms. The molecule has 2 aromatic heterocycles. The molecule has 1 aliphatic rings. The van der Waals surface area contributed by atoms with Gasteiger partial charge in [0.05, 0.1) is 4.92 Å². The first-order chi connectivity index (χ1) is 15.5. The van der Waals surface area contributed by atoms with Crippen molar-refractivity contribution < 1.29 is 9.72 Å². The Labute approximate surface area is 188 Å². The molecule has 1 saturated heterocycles. The normalized spacial score (nSPS) is 13.5. The number of benzene rings is 1. The van der Waals surface area contributed by atoms with Crippen LogP contribution < -0.4 is 20.7 Å². The number of rotatable bonds is 6. The third-order valence-corrected chi connectivity index (χ3v) is 5.19. The highest BCUT2D eigenvalue weighted by Crippen LogP contribution is 2.32. The maximum Gasteiger partial charge on any atom is 0.355 e. The molecule has 1 aliphatic heterocycles. The van der Waals surface area contributed by atoms with Crippen LogP contribution in [0.4, 0.5) is 23.1 Å². The summed E-state index contributed by atoms with van der Waals surface area (Å²) >= 11 is 5.83. The van der Waals surface area contributed by atoms with Gasteiger partial charge in [-0.25, -0.2) is 15.0 Å². The highest BCUT2D eigenvalue weighted by molar-refractivity contribution is 6.30. The molecule has 1 amide bonds. The van der Waals surface area contributed by atoms with Crippen molar-refractivity contribution in [3.63, 3.8) is 0 Å². The van der Waals surface area contributed by atoms with E-state index in [4.69, 9.17) is 11.6 Å². The fourth-order valence-corrected chi connectivity index (χ4v) is 3.46. The van der Waals surface area contributed by atoms with Gasteiger partial charge < -0.3 is 9.80 Å². The smallest absolute Gasteiger partial charge is 0.353 e. The summed E-state index contributed by atoms with van der Waals surface area (Å²) in [5, 5.41) is 12.3. The van der Waals surface area contributed by atoms with Crippen LogP contribution in [0.3, 0.4) is 0 Å². The van der Waals surface area contributed by atoms with Crippen molar-refractivity contribution in [2.24, 2.45) is 0 Å². The Balaban J connectivity index is 1.48. The van der Waals surface area contributed by atoms with E-state index in [-0.39, 0.29) is 17.3 Å². The predicted molar refractivity (Wildman–Crippen MR) is 120 cm³/mol. The number of halogens is 1. The molecule has 1 aromatic carbocycles. The third-order valence-electron chi connectivity index (χ3n) is 4.94. The molecule has 0 atom stereocenters. The lowest BCUT2D eigenvalue weighted by atomic mass is 10.2. The Morgan fingerprint density at radius 2 is 1.72 bits per heavy atom. The predicted octanol–water partition coefficient (Wildman–Crippen LogP) is 2.52. The summed E-state index contributed by atoms with van der Waals surface area (Å²) in [4.78, 5) is 40.0. The fraction of sp³-hybridized carbons (Fsp3) is 0.200. The Kier molecular flexibility index (Phi) is 6.26. The Morgan fingerprint density at radius 1 is 1.00 bits per heavy atom. The summed E-state index contributed by atoms with van der Waals surface area (Å²) in [6.07, 6.45) is 2.96. The average Bonchev–Trinajstić information content (AvgIpc) is 2.83. The SMILES string of the molecule is O=C(NNc1ncnc(N2CCN(c3ccccn3)CC2)c1[N+](=O)[O-])c1ccc(Cl)cc1. The zero-order valence-corrected chi connectivity index (χ0v) is 17.6. The van der Waals surface area contributed by atoms with Crippen LogP contribution >= 0.6 is 11.6 Å². The Hall–Kier alpha value is -3.99. The van der Waals surface area contributed by atoms with E-state index in [0.29, 0.717) is 36.8 Å². The van der Waals surface area contributed by atoms with E-state index >= 15 is 0 Å². The molecule has 11 nitrogen and oxygen atoms in total. The van der Waals surface area contributed by atoms with Gasteiger partial charge in [0, 0.05) is 43.0 Å². The molecule has 164 valence electrons. The van der Waals surface area contributed by atoms with Gasteiger partial charge in [-0.3, -0.25) is 25.8 Å². The van der Waals surface area contributed by atoms with Gasteiger partial charge in [-0.1, -0.05) is 17.7 Å². The molecule has 2 N–H and O–H groups in total. The van der Waals surface area contributed by atoms with Gasteiger partial charge in [0.1, 0.15) is 12.1 Å². The van der Waals surface area contributed by atoms with Crippen LogP contribution in [0.1, 0.15) is 10.4 Å². The molecule has 32 heavy (non-hydrogen) atoms. The van der Waals surface area contributed by atoms with E-state index in [1.165, 1.54) is 6.33 Å². The molecule has 4 rings (SSSR count). The molecule has 0 bridgehead atoms. The van der Waals surface area contributed by atoms with E-state index in [0.717, 1.165) is 5.82 Å². The van der Waals surface area contributed by atoms with E-state index < -0.39 is 10.8 Å². The number of nitrogens with zero attached hydrogens (tertiary/aromatic N) is 6. The van der Waals surface area contributed by atoms with Crippen molar-refractivity contribution in [2.45, 2.75) is 0 Å². The zero-order chi connectivity index (χ0) is 22.5. The largest absolute Gasteiger partial charge is 0.355 e. The second kappa shape index (κ2) is 9.43. The summed E-state index contributed by atoms with van der Waals surface area (Å²) in [5.74, 6) is 0.458. The highest BCUT2D eigenvalue weighted by atomic mass is 35.5. The standard InChI is InChI=1S/C20H19ClN8O3/c21-15-6-4-14(5-7-15)20(30)26-25-18-17(29(31)32)19(24-13-23-18)28-11-9-27(10-12-28)16-3-1-2-8-22-16/h1-8,13H,9-12H2,(H,26,30)(H,23,24,25). The minimum Gasteiger partial charge on any atom is -0.353 e. The summed E-state index contributed by atoms with van der Waals surface area (Å²) in [6.45, 7) is 2.30. The molecule has 12 heteroatoms. The van der Waals surface area contributed by atoms with Crippen molar-refractivity contribution in [1.29, 1.82) is 0 Å². The average molecular weight is 455 g/mol. The van der Waals surface area contributed by atoms with Crippen molar-refractivity contribution in [1.82, 2.24) is 20.4 Å². The van der Waals surface area contributed by atoms with E-state index in [1.54, 1.807) is 30.5 Å². The fourth-order valence-electron chi connectivity index (χ4n) is 3.34. The number of hydrogen-bond donors (Lipinski definition) is 2. The number of anilines is 3. The van der Waals surface area contributed by atoms with Crippen molar-refractivity contribution in [3.8, 4) is 0 Å². The monoisotopic (exact) mass is 454 g/mol. The molecular weight excluding hydrogens is 436 g/mol. The minimum absolute atomic E-state index is 0.102. The quantitative estimate of drug-likeness (QED) is 0.426. The molecule has 1 fully saturated rings. The maximum atomic E-state index is 12.3. The Bertz CT molecular complexity index is 1110. The molecule has 3 heterocycles. The van der Waals surface area contributed by atoms with E-state index in [9.17, 15) is 14.9 Å². The number of pyridine rings is 1.